The molecule has 0 saturated heterocycles. The van der Waals surface area contributed by atoms with E-state index in [2.05, 4.69) is 28.2 Å². The average Bonchev–Trinajstić information content (AvgIpc) is 2.75. The summed E-state index contributed by atoms with van der Waals surface area (Å²) >= 11 is 10.9. The zero-order valence-electron chi connectivity index (χ0n) is 10.4. The summed E-state index contributed by atoms with van der Waals surface area (Å²) < 4.78 is 14.6. The fraction of sp³-hybridized carbons (Fsp3) is 0.286. The Bertz CT molecular complexity index is 558. The van der Waals surface area contributed by atoms with Crippen LogP contribution in [0.2, 0.25) is 4.34 Å². The first-order valence-corrected chi connectivity index (χ1v) is 7.97. The normalized spacial score (nSPS) is 12.6. The third-order valence-corrected chi connectivity index (χ3v) is 4.86. The summed E-state index contributed by atoms with van der Waals surface area (Å²) in [4.78, 5) is 1.27. The SMILES string of the molecule is CC(NCCc1ccc(Cl)s1)c1ccc(F)cc1Br. The topological polar surface area (TPSA) is 12.0 Å². The lowest BCUT2D eigenvalue weighted by Gasteiger charge is -2.15. The van der Waals surface area contributed by atoms with Crippen molar-refractivity contribution in [2.24, 2.45) is 0 Å². The fourth-order valence-electron chi connectivity index (χ4n) is 1.86. The Morgan fingerprint density at radius 3 is 2.79 bits per heavy atom. The number of benzene rings is 1. The van der Waals surface area contributed by atoms with Crippen LogP contribution in [-0.2, 0) is 6.42 Å². The van der Waals surface area contributed by atoms with Crippen LogP contribution in [0.4, 0.5) is 4.39 Å². The molecule has 5 heteroatoms. The average molecular weight is 363 g/mol. The first kappa shape index (κ1) is 15.0. The van der Waals surface area contributed by atoms with E-state index in [1.54, 1.807) is 17.4 Å². The number of halogens is 3. The van der Waals surface area contributed by atoms with Gasteiger partial charge in [-0.3, -0.25) is 0 Å². The Morgan fingerprint density at radius 1 is 1.37 bits per heavy atom. The van der Waals surface area contributed by atoms with E-state index < -0.39 is 0 Å². The lowest BCUT2D eigenvalue weighted by Crippen LogP contribution is -2.21. The van der Waals surface area contributed by atoms with Gasteiger partial charge in [-0.2, -0.15) is 0 Å². The van der Waals surface area contributed by atoms with Gasteiger partial charge in [0.05, 0.1) is 4.34 Å². The molecule has 102 valence electrons. The summed E-state index contributed by atoms with van der Waals surface area (Å²) in [5.74, 6) is -0.226. The molecule has 0 amide bonds. The van der Waals surface area contributed by atoms with E-state index in [-0.39, 0.29) is 11.9 Å². The van der Waals surface area contributed by atoms with Crippen molar-refractivity contribution < 1.29 is 4.39 Å². The van der Waals surface area contributed by atoms with Crippen LogP contribution in [0.5, 0.6) is 0 Å². The zero-order valence-corrected chi connectivity index (χ0v) is 13.6. The molecule has 1 unspecified atom stereocenters. The van der Waals surface area contributed by atoms with Gasteiger partial charge >= 0.3 is 0 Å². The van der Waals surface area contributed by atoms with Gasteiger partial charge < -0.3 is 5.32 Å². The van der Waals surface area contributed by atoms with Crippen LogP contribution in [0.1, 0.15) is 23.4 Å². The Kier molecular flexibility index (Phi) is 5.39. The standard InChI is InChI=1S/C14H14BrClFNS/c1-9(12-4-2-10(17)8-13(12)15)18-7-6-11-3-5-14(16)19-11/h2-5,8-9,18H,6-7H2,1H3. The highest BCUT2D eigenvalue weighted by Crippen LogP contribution is 2.25. The minimum atomic E-state index is -0.226. The minimum absolute atomic E-state index is 0.172. The van der Waals surface area contributed by atoms with Crippen LogP contribution >= 0.6 is 38.9 Å². The molecule has 0 bridgehead atoms. The van der Waals surface area contributed by atoms with E-state index in [0.717, 1.165) is 27.3 Å². The minimum Gasteiger partial charge on any atom is -0.310 e. The van der Waals surface area contributed by atoms with E-state index in [1.807, 2.05) is 12.1 Å². The number of rotatable bonds is 5. The molecule has 0 aliphatic heterocycles. The monoisotopic (exact) mass is 361 g/mol. The predicted molar refractivity (Wildman–Crippen MR) is 83.6 cm³/mol. The van der Waals surface area contributed by atoms with E-state index in [0.29, 0.717) is 0 Å². The van der Waals surface area contributed by atoms with Crippen molar-refractivity contribution in [2.45, 2.75) is 19.4 Å². The highest BCUT2D eigenvalue weighted by Gasteiger charge is 2.09. The third-order valence-electron chi connectivity index (χ3n) is 2.88. The van der Waals surface area contributed by atoms with Crippen molar-refractivity contribution in [1.82, 2.24) is 5.32 Å². The first-order valence-electron chi connectivity index (χ1n) is 5.99. The highest BCUT2D eigenvalue weighted by molar-refractivity contribution is 9.10. The fourth-order valence-corrected chi connectivity index (χ4v) is 3.64. The molecule has 1 aromatic carbocycles. The summed E-state index contributed by atoms with van der Waals surface area (Å²) in [6, 6.07) is 8.92. The maximum absolute atomic E-state index is 13.0. The molecule has 0 fully saturated rings. The largest absolute Gasteiger partial charge is 0.310 e. The van der Waals surface area contributed by atoms with Crippen molar-refractivity contribution in [3.05, 3.63) is 55.4 Å². The highest BCUT2D eigenvalue weighted by atomic mass is 79.9. The van der Waals surface area contributed by atoms with Crippen LogP contribution < -0.4 is 5.32 Å². The van der Waals surface area contributed by atoms with E-state index >= 15 is 0 Å². The van der Waals surface area contributed by atoms with Gasteiger partial charge in [0, 0.05) is 21.9 Å². The van der Waals surface area contributed by atoms with Crippen molar-refractivity contribution in [3.8, 4) is 0 Å². The Morgan fingerprint density at radius 2 is 2.16 bits per heavy atom. The molecule has 1 nitrogen and oxygen atoms in total. The van der Waals surface area contributed by atoms with Gasteiger partial charge in [-0.1, -0.05) is 33.6 Å². The lowest BCUT2D eigenvalue weighted by molar-refractivity contribution is 0.572. The summed E-state index contributed by atoms with van der Waals surface area (Å²) in [7, 11) is 0. The van der Waals surface area contributed by atoms with Gasteiger partial charge in [0.1, 0.15) is 5.82 Å². The molecule has 0 aliphatic rings. The number of thiophene rings is 1. The van der Waals surface area contributed by atoms with Crippen molar-refractivity contribution in [3.63, 3.8) is 0 Å². The van der Waals surface area contributed by atoms with Crippen LogP contribution in [0.15, 0.2) is 34.8 Å². The van der Waals surface area contributed by atoms with Gasteiger partial charge in [-0.15, -0.1) is 11.3 Å². The summed E-state index contributed by atoms with van der Waals surface area (Å²) in [6.07, 6.45) is 0.945. The molecule has 1 atom stereocenters. The van der Waals surface area contributed by atoms with E-state index in [9.17, 15) is 4.39 Å². The second-order valence-electron chi connectivity index (χ2n) is 4.30. The molecule has 19 heavy (non-hydrogen) atoms. The number of hydrogen-bond donors (Lipinski definition) is 1. The molecule has 1 aromatic heterocycles. The molecule has 1 heterocycles. The number of nitrogens with one attached hydrogen (secondary N) is 1. The van der Waals surface area contributed by atoms with Gasteiger partial charge in [0.25, 0.3) is 0 Å². The second-order valence-corrected chi connectivity index (χ2v) is 6.95. The van der Waals surface area contributed by atoms with E-state index in [4.69, 9.17) is 11.6 Å². The molecule has 2 rings (SSSR count). The number of hydrogen-bond acceptors (Lipinski definition) is 2. The van der Waals surface area contributed by atoms with Gasteiger partial charge in [0.2, 0.25) is 0 Å². The Balaban J connectivity index is 1.88. The molecular weight excluding hydrogens is 349 g/mol. The molecule has 1 N–H and O–H groups in total. The molecule has 0 spiro atoms. The summed E-state index contributed by atoms with van der Waals surface area (Å²) in [6.45, 7) is 2.93. The van der Waals surface area contributed by atoms with Crippen LogP contribution in [0.25, 0.3) is 0 Å². The predicted octanol–water partition coefficient (Wildman–Crippen LogP) is 5.20. The third kappa shape index (κ3) is 4.28. The molecule has 0 radical (unpaired) electrons. The van der Waals surface area contributed by atoms with Crippen LogP contribution in [-0.4, -0.2) is 6.54 Å². The van der Waals surface area contributed by atoms with Crippen LogP contribution in [0.3, 0.4) is 0 Å². The quantitative estimate of drug-likeness (QED) is 0.771. The van der Waals surface area contributed by atoms with Gasteiger partial charge in [0.15, 0.2) is 0 Å². The van der Waals surface area contributed by atoms with E-state index in [1.165, 1.54) is 17.0 Å². The molecule has 2 aromatic rings. The summed E-state index contributed by atoms with van der Waals surface area (Å²) in [5, 5.41) is 3.43. The second kappa shape index (κ2) is 6.84. The maximum atomic E-state index is 13.0. The lowest BCUT2D eigenvalue weighted by atomic mass is 10.1. The van der Waals surface area contributed by atoms with Crippen LogP contribution in [0, 0.1) is 5.82 Å². The van der Waals surface area contributed by atoms with Crippen molar-refractivity contribution in [1.29, 1.82) is 0 Å². The molecule has 0 aliphatic carbocycles. The van der Waals surface area contributed by atoms with Crippen molar-refractivity contribution in [2.75, 3.05) is 6.54 Å². The Hall–Kier alpha value is -0.420. The van der Waals surface area contributed by atoms with Crippen molar-refractivity contribution >= 4 is 38.9 Å². The van der Waals surface area contributed by atoms with Gasteiger partial charge in [-0.05, 0) is 43.2 Å². The Labute approximate surface area is 129 Å². The zero-order chi connectivity index (χ0) is 13.8. The maximum Gasteiger partial charge on any atom is 0.124 e. The smallest absolute Gasteiger partial charge is 0.124 e. The first-order chi connectivity index (χ1) is 9.06. The van der Waals surface area contributed by atoms with Gasteiger partial charge in [-0.25, -0.2) is 4.39 Å². The molecule has 0 saturated carbocycles. The summed E-state index contributed by atoms with van der Waals surface area (Å²) in [5.41, 5.74) is 1.06. The molecular formula is C14H14BrClFNS.